The van der Waals surface area contributed by atoms with Crippen molar-refractivity contribution in [2.45, 2.75) is 51.0 Å². The molecule has 1 aliphatic heterocycles. The van der Waals surface area contributed by atoms with Crippen LogP contribution in [0.1, 0.15) is 35.1 Å². The first kappa shape index (κ1) is 26.6. The molecule has 2 N–H and O–H groups in total. The van der Waals surface area contributed by atoms with Crippen molar-refractivity contribution in [1.29, 1.82) is 0 Å². The predicted molar refractivity (Wildman–Crippen MR) is 131 cm³/mol. The van der Waals surface area contributed by atoms with Gasteiger partial charge in [-0.3, -0.25) is 24.0 Å². The van der Waals surface area contributed by atoms with E-state index in [0.29, 0.717) is 23.0 Å². The Morgan fingerprint density at radius 2 is 2.05 bits per heavy atom. The predicted octanol–water partition coefficient (Wildman–Crippen LogP) is 2.65. The summed E-state index contributed by atoms with van der Waals surface area (Å²) in [5.41, 5.74) is 6.81. The molecule has 37 heavy (non-hydrogen) atoms. The molecule has 1 aromatic carbocycles. The number of primary amides is 1. The Morgan fingerprint density at radius 1 is 1.30 bits per heavy atom. The highest BCUT2D eigenvalue weighted by Gasteiger charge is 2.48. The monoisotopic (exact) mass is 533 g/mol. The van der Waals surface area contributed by atoms with E-state index in [4.69, 9.17) is 22.1 Å². The molecule has 1 fully saturated rings. The number of Topliss-reactive ketones (excluding diaryl/α,β-unsaturated/α-hetero) is 1. The number of aromatic nitrogens is 3. The number of carbonyl (C=O) groups is 3. The highest BCUT2D eigenvalue weighted by molar-refractivity contribution is 6.30. The number of alkyl halides is 1. The molecule has 2 aromatic heterocycles. The summed E-state index contributed by atoms with van der Waals surface area (Å²) >= 11 is 5.82. The number of rotatable bonds is 9. The maximum atomic E-state index is 14.8. The van der Waals surface area contributed by atoms with Crippen LogP contribution in [-0.2, 0) is 33.7 Å². The van der Waals surface area contributed by atoms with Crippen LogP contribution in [0.5, 0.6) is 0 Å². The number of carbonyl (C=O) groups excluding carboxylic acids is 3. The fraction of sp³-hybridized carbons (Fsp3) is 0.400. The van der Waals surface area contributed by atoms with Gasteiger partial charge in [-0.2, -0.15) is 5.10 Å². The van der Waals surface area contributed by atoms with Crippen LogP contribution in [0.3, 0.4) is 0 Å². The lowest BCUT2D eigenvalue weighted by Crippen LogP contribution is -2.47. The average molecular weight is 534 g/mol. The molecule has 0 bridgehead atoms. The molecule has 3 atom stereocenters. The van der Waals surface area contributed by atoms with Crippen LogP contribution in [0.2, 0.25) is 5.02 Å². The molecule has 0 unspecified atom stereocenters. The SMILES string of the molecule is CCc1cc2c(C(N)=O)nn(CC(=O)N3C[C@H](F)[C@@H](OC)[C@H]3C(=O)CCc3cccc(Cl)c3F)c2cn1. The van der Waals surface area contributed by atoms with Gasteiger partial charge in [0.05, 0.1) is 23.3 Å². The van der Waals surface area contributed by atoms with E-state index >= 15 is 0 Å². The number of pyridine rings is 1. The second kappa shape index (κ2) is 10.9. The van der Waals surface area contributed by atoms with Crippen molar-refractivity contribution >= 4 is 40.1 Å². The second-order valence-corrected chi connectivity index (χ2v) is 9.21. The number of hydrogen-bond donors (Lipinski definition) is 1. The topological polar surface area (TPSA) is 120 Å². The molecule has 0 aliphatic carbocycles. The Morgan fingerprint density at radius 3 is 2.73 bits per heavy atom. The van der Waals surface area contributed by atoms with Gasteiger partial charge < -0.3 is 15.4 Å². The highest BCUT2D eigenvalue weighted by Crippen LogP contribution is 2.28. The quantitative estimate of drug-likeness (QED) is 0.451. The minimum atomic E-state index is -1.60. The van der Waals surface area contributed by atoms with E-state index in [0.717, 1.165) is 4.90 Å². The molecular weight excluding hydrogens is 508 g/mol. The molecule has 3 heterocycles. The van der Waals surface area contributed by atoms with Crippen LogP contribution >= 0.6 is 11.6 Å². The van der Waals surface area contributed by atoms with Crippen molar-refractivity contribution in [3.05, 3.63) is 58.3 Å². The number of fused-ring (bicyclic) bond motifs is 1. The number of hydrogen-bond acceptors (Lipinski definition) is 6. The van der Waals surface area contributed by atoms with E-state index in [1.54, 1.807) is 12.1 Å². The molecule has 1 saturated heterocycles. The molecular formula is C25H26ClF2N5O4. The van der Waals surface area contributed by atoms with Crippen LogP contribution in [0, 0.1) is 5.82 Å². The molecule has 196 valence electrons. The molecule has 2 amide bonds. The standard InChI is InChI=1S/C25H26ClF2N5O4/c1-3-14-9-15-18(10-30-14)33(31-22(15)25(29)36)12-20(35)32-11-17(27)24(37-2)23(32)19(34)8-7-13-5-4-6-16(26)21(13)28/h4-6,9-10,17,23-24H,3,7-8,11-12H2,1-2H3,(H2,29,36)/t17-,23+,24+/m0/s1. The summed E-state index contributed by atoms with van der Waals surface area (Å²) in [6.45, 7) is 1.16. The zero-order valence-electron chi connectivity index (χ0n) is 20.3. The van der Waals surface area contributed by atoms with E-state index in [1.807, 2.05) is 6.92 Å². The summed E-state index contributed by atoms with van der Waals surface area (Å²) in [4.78, 5) is 43.9. The maximum Gasteiger partial charge on any atom is 0.269 e. The minimum absolute atomic E-state index is 0.0179. The Kier molecular flexibility index (Phi) is 7.84. The smallest absolute Gasteiger partial charge is 0.269 e. The Bertz CT molecular complexity index is 1360. The lowest BCUT2D eigenvalue weighted by Gasteiger charge is -2.26. The van der Waals surface area contributed by atoms with E-state index in [9.17, 15) is 23.2 Å². The average Bonchev–Trinajstić information content (AvgIpc) is 3.41. The number of nitrogens with two attached hydrogens (primary N) is 1. The zero-order chi connectivity index (χ0) is 26.9. The van der Waals surface area contributed by atoms with Crippen molar-refractivity contribution in [3.63, 3.8) is 0 Å². The summed E-state index contributed by atoms with van der Waals surface area (Å²) in [6.07, 6.45) is -0.804. The van der Waals surface area contributed by atoms with E-state index in [2.05, 4.69) is 10.1 Å². The van der Waals surface area contributed by atoms with Gasteiger partial charge in [0.15, 0.2) is 11.5 Å². The van der Waals surface area contributed by atoms with Gasteiger partial charge in [0.1, 0.15) is 30.7 Å². The highest BCUT2D eigenvalue weighted by atomic mass is 35.5. The molecule has 4 rings (SSSR count). The second-order valence-electron chi connectivity index (χ2n) is 8.80. The Hall–Kier alpha value is -3.44. The number of methoxy groups -OCH3 is 1. The molecule has 9 nitrogen and oxygen atoms in total. The number of ether oxygens (including phenoxy) is 1. The van der Waals surface area contributed by atoms with Crippen LogP contribution in [0.4, 0.5) is 8.78 Å². The van der Waals surface area contributed by atoms with Crippen molar-refractivity contribution < 1.29 is 27.9 Å². The number of benzene rings is 1. The first-order chi connectivity index (χ1) is 17.7. The van der Waals surface area contributed by atoms with Gasteiger partial charge in [-0.05, 0) is 30.5 Å². The number of nitrogens with zero attached hydrogens (tertiary/aromatic N) is 4. The molecule has 12 heteroatoms. The maximum absolute atomic E-state index is 14.8. The van der Waals surface area contributed by atoms with Gasteiger partial charge in [-0.15, -0.1) is 0 Å². The van der Waals surface area contributed by atoms with Crippen molar-refractivity contribution in [2.75, 3.05) is 13.7 Å². The van der Waals surface area contributed by atoms with Gasteiger partial charge in [0.2, 0.25) is 5.91 Å². The largest absolute Gasteiger partial charge is 0.376 e. The third kappa shape index (κ3) is 5.19. The van der Waals surface area contributed by atoms with Crippen LogP contribution in [0.15, 0.2) is 30.5 Å². The van der Waals surface area contributed by atoms with Gasteiger partial charge >= 0.3 is 0 Å². The van der Waals surface area contributed by atoms with Crippen LogP contribution in [0.25, 0.3) is 10.9 Å². The first-order valence-corrected chi connectivity index (χ1v) is 12.1. The number of halogens is 3. The molecule has 1 aliphatic rings. The third-order valence-electron chi connectivity index (χ3n) is 6.54. The number of amides is 2. The van der Waals surface area contributed by atoms with Crippen LogP contribution < -0.4 is 5.73 Å². The van der Waals surface area contributed by atoms with Crippen molar-refractivity contribution in [3.8, 4) is 0 Å². The fourth-order valence-corrected chi connectivity index (χ4v) is 4.84. The third-order valence-corrected chi connectivity index (χ3v) is 6.84. The summed E-state index contributed by atoms with van der Waals surface area (Å²) < 4.78 is 35.6. The summed E-state index contributed by atoms with van der Waals surface area (Å²) in [6, 6.07) is 4.94. The van der Waals surface area contributed by atoms with Gasteiger partial charge in [0, 0.05) is 24.6 Å². The van der Waals surface area contributed by atoms with Gasteiger partial charge in [-0.1, -0.05) is 30.7 Å². The van der Waals surface area contributed by atoms with Crippen molar-refractivity contribution in [2.24, 2.45) is 5.73 Å². The summed E-state index contributed by atoms with van der Waals surface area (Å²) in [5, 5.41) is 4.57. The number of likely N-dealkylation sites (tertiary alicyclic amines) is 1. The summed E-state index contributed by atoms with van der Waals surface area (Å²) in [5.74, 6) is -2.47. The Balaban J connectivity index is 1.58. The van der Waals surface area contributed by atoms with Crippen molar-refractivity contribution in [1.82, 2.24) is 19.7 Å². The van der Waals surface area contributed by atoms with Crippen LogP contribution in [-0.4, -0.2) is 69.2 Å². The van der Waals surface area contributed by atoms with Gasteiger partial charge in [0.25, 0.3) is 5.91 Å². The molecule has 0 saturated carbocycles. The Labute approximate surface area is 216 Å². The molecule has 0 spiro atoms. The first-order valence-electron chi connectivity index (χ1n) is 11.7. The lowest BCUT2D eigenvalue weighted by atomic mass is 9.99. The zero-order valence-corrected chi connectivity index (χ0v) is 21.0. The lowest BCUT2D eigenvalue weighted by molar-refractivity contribution is -0.140. The normalized spacial score (nSPS) is 19.5. The van der Waals surface area contributed by atoms with E-state index in [1.165, 1.54) is 30.1 Å². The van der Waals surface area contributed by atoms with E-state index < -0.39 is 41.7 Å². The summed E-state index contributed by atoms with van der Waals surface area (Å²) in [7, 11) is 1.26. The minimum Gasteiger partial charge on any atom is -0.376 e. The van der Waals surface area contributed by atoms with E-state index in [-0.39, 0.29) is 42.2 Å². The molecule has 0 radical (unpaired) electrons. The fourth-order valence-electron chi connectivity index (χ4n) is 4.65. The number of ketones is 1. The molecule has 3 aromatic rings. The van der Waals surface area contributed by atoms with Gasteiger partial charge in [-0.25, -0.2) is 8.78 Å². The number of aryl methyl sites for hydroxylation is 2.